The minimum absolute atomic E-state index is 0.595. The fourth-order valence-electron chi connectivity index (χ4n) is 4.33. The predicted molar refractivity (Wildman–Crippen MR) is 140 cm³/mol. The average Bonchev–Trinajstić information content (AvgIpc) is 3.29. The second-order valence-electron chi connectivity index (χ2n) is 8.64. The number of nitrogens with zero attached hydrogens (tertiary/aromatic N) is 5. The molecule has 3 heterocycles. The average molecular weight is 454 g/mol. The van der Waals surface area contributed by atoms with Crippen molar-refractivity contribution in [1.82, 2.24) is 19.4 Å². The van der Waals surface area contributed by atoms with Crippen LogP contribution >= 0.6 is 0 Å². The number of aromatic nitrogens is 3. The zero-order valence-corrected chi connectivity index (χ0v) is 19.8. The maximum atomic E-state index is 4.69. The lowest BCUT2D eigenvalue weighted by Gasteiger charge is -2.36. The molecular formula is C27H31N7. The van der Waals surface area contributed by atoms with E-state index in [1.165, 1.54) is 11.4 Å². The van der Waals surface area contributed by atoms with Crippen molar-refractivity contribution >= 4 is 23.0 Å². The van der Waals surface area contributed by atoms with Crippen molar-refractivity contribution in [1.29, 1.82) is 0 Å². The highest BCUT2D eigenvalue weighted by Crippen LogP contribution is 2.24. The maximum absolute atomic E-state index is 4.69. The first-order chi connectivity index (χ1) is 16.7. The molecule has 0 bridgehead atoms. The van der Waals surface area contributed by atoms with Gasteiger partial charge in [0, 0.05) is 87.5 Å². The van der Waals surface area contributed by atoms with Gasteiger partial charge in [-0.1, -0.05) is 12.1 Å². The Labute approximate surface area is 201 Å². The third kappa shape index (κ3) is 5.05. The molecule has 174 valence electrons. The lowest BCUT2D eigenvalue weighted by Crippen LogP contribution is -2.46. The lowest BCUT2D eigenvalue weighted by molar-refractivity contribution is 0.245. The van der Waals surface area contributed by atoms with Crippen LogP contribution < -0.4 is 15.5 Å². The van der Waals surface area contributed by atoms with Gasteiger partial charge in [-0.05, 0) is 54.6 Å². The van der Waals surface area contributed by atoms with Crippen molar-refractivity contribution in [2.45, 2.75) is 6.54 Å². The monoisotopic (exact) mass is 453 g/mol. The van der Waals surface area contributed by atoms with E-state index in [1.807, 2.05) is 25.2 Å². The van der Waals surface area contributed by atoms with E-state index in [-0.39, 0.29) is 0 Å². The molecule has 0 spiro atoms. The van der Waals surface area contributed by atoms with Gasteiger partial charge in [-0.25, -0.2) is 9.97 Å². The molecule has 0 aliphatic carbocycles. The van der Waals surface area contributed by atoms with E-state index < -0.39 is 0 Å². The van der Waals surface area contributed by atoms with Gasteiger partial charge in [0.15, 0.2) is 0 Å². The van der Waals surface area contributed by atoms with Crippen LogP contribution in [-0.2, 0) is 13.6 Å². The van der Waals surface area contributed by atoms with Crippen molar-refractivity contribution < 1.29 is 0 Å². The Kier molecular flexibility index (Phi) is 6.44. The molecule has 2 aromatic heterocycles. The van der Waals surface area contributed by atoms with Crippen LogP contribution in [0.4, 0.5) is 23.0 Å². The molecule has 7 heteroatoms. The van der Waals surface area contributed by atoms with E-state index in [4.69, 9.17) is 4.98 Å². The first-order valence-electron chi connectivity index (χ1n) is 11.7. The minimum Gasteiger partial charge on any atom is -0.388 e. The first kappa shape index (κ1) is 22.0. The number of rotatable bonds is 7. The molecule has 0 saturated carbocycles. The first-order valence-corrected chi connectivity index (χ1v) is 11.7. The molecule has 0 amide bonds. The van der Waals surface area contributed by atoms with Crippen LogP contribution in [0.3, 0.4) is 0 Å². The summed E-state index contributed by atoms with van der Waals surface area (Å²) >= 11 is 0. The summed E-state index contributed by atoms with van der Waals surface area (Å²) in [4.78, 5) is 14.1. The second kappa shape index (κ2) is 9.97. The number of hydrogen-bond acceptors (Lipinski definition) is 6. The van der Waals surface area contributed by atoms with Crippen LogP contribution in [0.2, 0.25) is 0 Å². The number of hydrogen-bond donors (Lipinski definition) is 2. The van der Waals surface area contributed by atoms with Crippen molar-refractivity contribution in [2.75, 3.05) is 48.8 Å². The molecule has 1 aliphatic rings. The van der Waals surface area contributed by atoms with E-state index in [1.54, 1.807) is 6.20 Å². The Bertz CT molecular complexity index is 1210. The summed E-state index contributed by atoms with van der Waals surface area (Å²) in [6.07, 6.45) is 3.91. The van der Waals surface area contributed by atoms with Crippen molar-refractivity contribution in [3.05, 3.63) is 84.8 Å². The van der Waals surface area contributed by atoms with Gasteiger partial charge >= 0.3 is 0 Å². The molecule has 4 aromatic rings. The third-order valence-electron chi connectivity index (χ3n) is 6.42. The van der Waals surface area contributed by atoms with Gasteiger partial charge in [-0.2, -0.15) is 0 Å². The summed E-state index contributed by atoms with van der Waals surface area (Å²) in [6.45, 7) is 5.23. The zero-order valence-electron chi connectivity index (χ0n) is 19.8. The molecule has 0 atom stereocenters. The minimum atomic E-state index is 0.595. The normalized spacial score (nSPS) is 14.2. The van der Waals surface area contributed by atoms with Crippen LogP contribution in [0.15, 0.2) is 79.1 Å². The van der Waals surface area contributed by atoms with Gasteiger partial charge in [0.25, 0.3) is 0 Å². The fraction of sp³-hybridized carbons (Fsp3) is 0.259. The van der Waals surface area contributed by atoms with Crippen molar-refractivity contribution in [3.63, 3.8) is 0 Å². The quantitative estimate of drug-likeness (QED) is 0.427. The third-order valence-corrected chi connectivity index (χ3v) is 6.42. The summed E-state index contributed by atoms with van der Waals surface area (Å²) in [7, 11) is 4.03. The molecule has 5 rings (SSSR count). The van der Waals surface area contributed by atoms with Gasteiger partial charge in [0.2, 0.25) is 5.95 Å². The number of benzene rings is 2. The second-order valence-corrected chi connectivity index (χ2v) is 8.64. The van der Waals surface area contributed by atoms with E-state index in [0.29, 0.717) is 5.95 Å². The van der Waals surface area contributed by atoms with Crippen molar-refractivity contribution in [2.24, 2.45) is 7.05 Å². The van der Waals surface area contributed by atoms with Crippen molar-refractivity contribution in [3.8, 4) is 11.3 Å². The highest BCUT2D eigenvalue weighted by molar-refractivity contribution is 5.65. The molecule has 1 saturated heterocycles. The van der Waals surface area contributed by atoms with Crippen LogP contribution in [0, 0.1) is 0 Å². The molecule has 1 fully saturated rings. The zero-order chi connectivity index (χ0) is 23.3. The SMILES string of the molecule is CNc1ccc(-c2ccnc(Nc3ccc(N4CCN(Cc5cccn5C)CC4)cc3)n2)cc1. The smallest absolute Gasteiger partial charge is 0.227 e. The highest BCUT2D eigenvalue weighted by Gasteiger charge is 2.18. The Morgan fingerprint density at radius 2 is 1.59 bits per heavy atom. The molecule has 2 aromatic carbocycles. The Balaban J connectivity index is 1.18. The van der Waals surface area contributed by atoms with Crippen LogP contribution in [-0.4, -0.2) is 52.7 Å². The summed E-state index contributed by atoms with van der Waals surface area (Å²) < 4.78 is 2.21. The van der Waals surface area contributed by atoms with Gasteiger partial charge in [-0.3, -0.25) is 4.90 Å². The lowest BCUT2D eigenvalue weighted by atomic mass is 10.1. The molecule has 0 unspecified atom stereocenters. The van der Waals surface area contributed by atoms with E-state index >= 15 is 0 Å². The van der Waals surface area contributed by atoms with Gasteiger partial charge < -0.3 is 20.1 Å². The van der Waals surface area contributed by atoms with E-state index in [0.717, 1.165) is 55.4 Å². The van der Waals surface area contributed by atoms with Gasteiger partial charge in [-0.15, -0.1) is 0 Å². The number of aryl methyl sites for hydroxylation is 1. The largest absolute Gasteiger partial charge is 0.388 e. The number of piperazine rings is 1. The predicted octanol–water partition coefficient (Wildman–Crippen LogP) is 4.59. The Morgan fingerprint density at radius 1 is 0.853 bits per heavy atom. The molecule has 2 N–H and O–H groups in total. The number of anilines is 4. The van der Waals surface area contributed by atoms with Gasteiger partial charge in [0.1, 0.15) is 0 Å². The molecule has 34 heavy (non-hydrogen) atoms. The number of nitrogens with one attached hydrogen (secondary N) is 2. The molecule has 7 nitrogen and oxygen atoms in total. The summed E-state index contributed by atoms with van der Waals surface area (Å²) in [5.74, 6) is 0.595. The maximum Gasteiger partial charge on any atom is 0.227 e. The molecule has 1 aliphatic heterocycles. The topological polar surface area (TPSA) is 61.3 Å². The van der Waals surface area contributed by atoms with Crippen LogP contribution in [0.5, 0.6) is 0 Å². The van der Waals surface area contributed by atoms with E-state index in [2.05, 4.69) is 91.8 Å². The summed E-state index contributed by atoms with van der Waals surface area (Å²) in [6, 6.07) is 23.0. The standard InChI is InChI=1S/C27H31N7/c1-28-22-7-5-21(6-8-22)26-13-14-29-27(31-26)30-23-9-11-24(12-10-23)34-18-16-33(17-19-34)20-25-4-3-15-32(25)2/h3-15,28H,16-20H2,1-2H3,(H,29,30,31). The molecular weight excluding hydrogens is 422 g/mol. The Morgan fingerprint density at radius 3 is 2.26 bits per heavy atom. The van der Waals surface area contributed by atoms with Crippen LogP contribution in [0.1, 0.15) is 5.69 Å². The van der Waals surface area contributed by atoms with Gasteiger partial charge in [0.05, 0.1) is 5.69 Å². The fourth-order valence-corrected chi connectivity index (χ4v) is 4.33. The van der Waals surface area contributed by atoms with Crippen LogP contribution in [0.25, 0.3) is 11.3 Å². The molecule has 0 radical (unpaired) electrons. The summed E-state index contributed by atoms with van der Waals surface area (Å²) in [5.41, 5.74) is 6.63. The Hall–Kier alpha value is -3.84. The summed E-state index contributed by atoms with van der Waals surface area (Å²) in [5, 5.41) is 6.48. The van der Waals surface area contributed by atoms with E-state index in [9.17, 15) is 0 Å². The highest BCUT2D eigenvalue weighted by atomic mass is 15.3.